The highest BCUT2D eigenvalue weighted by atomic mass is 19.1. The van der Waals surface area contributed by atoms with Gasteiger partial charge in [0.2, 0.25) is 0 Å². The Morgan fingerprint density at radius 2 is 2.08 bits per heavy atom. The van der Waals surface area contributed by atoms with Crippen LogP contribution in [0, 0.1) is 11.2 Å². The van der Waals surface area contributed by atoms with Crippen molar-refractivity contribution in [3.63, 3.8) is 0 Å². The van der Waals surface area contributed by atoms with Gasteiger partial charge in [-0.25, -0.2) is 4.39 Å². The Bertz CT molecular complexity index is 291. The number of halogens is 1. The highest BCUT2D eigenvalue weighted by Crippen LogP contribution is 2.31. The maximum atomic E-state index is 13.2. The molecule has 0 aliphatic rings. The van der Waals surface area contributed by atoms with Gasteiger partial charge >= 0.3 is 0 Å². The predicted molar refractivity (Wildman–Crippen MR) is 50.6 cm³/mol. The molecule has 13 heavy (non-hydrogen) atoms. The minimum absolute atomic E-state index is 0.137. The zero-order chi connectivity index (χ0) is 10.1. The number of hydrogen-bond donors (Lipinski definition) is 1. The van der Waals surface area contributed by atoms with Gasteiger partial charge in [-0.3, -0.25) is 4.98 Å². The summed E-state index contributed by atoms with van der Waals surface area (Å²) in [5, 5.41) is 0. The molecule has 0 radical (unpaired) electrons. The van der Waals surface area contributed by atoms with Gasteiger partial charge in [0.15, 0.2) is 0 Å². The molecule has 3 heteroatoms. The van der Waals surface area contributed by atoms with E-state index in [1.54, 1.807) is 12.3 Å². The van der Waals surface area contributed by atoms with Crippen LogP contribution in [0.1, 0.15) is 32.4 Å². The minimum atomic E-state index is -0.329. The molecule has 0 amide bonds. The van der Waals surface area contributed by atoms with Gasteiger partial charge in [0.05, 0.1) is 6.20 Å². The molecule has 0 aliphatic heterocycles. The van der Waals surface area contributed by atoms with Crippen molar-refractivity contribution in [2.45, 2.75) is 26.8 Å². The third-order valence-electron chi connectivity index (χ3n) is 2.07. The monoisotopic (exact) mass is 182 g/mol. The normalized spacial score (nSPS) is 14.2. The Hall–Kier alpha value is -0.960. The molecule has 0 spiro atoms. The van der Waals surface area contributed by atoms with E-state index in [2.05, 4.69) is 4.98 Å². The van der Waals surface area contributed by atoms with Gasteiger partial charge in [0.1, 0.15) is 5.82 Å². The lowest BCUT2D eigenvalue weighted by atomic mass is 9.83. The van der Waals surface area contributed by atoms with E-state index >= 15 is 0 Å². The number of aromatic nitrogens is 1. The third-order valence-corrected chi connectivity index (χ3v) is 2.07. The van der Waals surface area contributed by atoms with Crippen LogP contribution >= 0.6 is 0 Å². The summed E-state index contributed by atoms with van der Waals surface area (Å²) in [6.07, 6.45) is 2.75. The van der Waals surface area contributed by atoms with E-state index in [0.717, 1.165) is 0 Å². The van der Waals surface area contributed by atoms with Crippen LogP contribution in [0.25, 0.3) is 0 Å². The van der Waals surface area contributed by atoms with Crippen LogP contribution in [0.3, 0.4) is 0 Å². The number of pyridine rings is 1. The Morgan fingerprint density at radius 1 is 1.46 bits per heavy atom. The van der Waals surface area contributed by atoms with Crippen LogP contribution in [0.5, 0.6) is 0 Å². The van der Waals surface area contributed by atoms with Crippen LogP contribution in [0.2, 0.25) is 0 Å². The SMILES string of the molecule is CC(C)(C)[C@@H](N)c1ccncc1F. The third kappa shape index (κ3) is 2.25. The van der Waals surface area contributed by atoms with Gasteiger partial charge in [-0.2, -0.15) is 0 Å². The summed E-state index contributed by atoms with van der Waals surface area (Å²) >= 11 is 0. The second kappa shape index (κ2) is 3.42. The highest BCUT2D eigenvalue weighted by Gasteiger charge is 2.24. The number of nitrogens with two attached hydrogens (primary N) is 1. The summed E-state index contributed by atoms with van der Waals surface area (Å²) in [7, 11) is 0. The molecule has 1 rings (SSSR count). The maximum absolute atomic E-state index is 13.2. The zero-order valence-electron chi connectivity index (χ0n) is 8.21. The molecule has 1 heterocycles. The molecular formula is C10H15FN2. The van der Waals surface area contributed by atoms with E-state index in [4.69, 9.17) is 5.73 Å². The summed E-state index contributed by atoms with van der Waals surface area (Å²) < 4.78 is 13.2. The van der Waals surface area contributed by atoms with Crippen molar-refractivity contribution in [2.75, 3.05) is 0 Å². The van der Waals surface area contributed by atoms with Crippen LogP contribution < -0.4 is 5.73 Å². The van der Waals surface area contributed by atoms with Crippen molar-refractivity contribution in [1.29, 1.82) is 0 Å². The zero-order valence-corrected chi connectivity index (χ0v) is 8.21. The summed E-state index contributed by atoms with van der Waals surface area (Å²) in [6.45, 7) is 5.95. The first kappa shape index (κ1) is 10.1. The lowest BCUT2D eigenvalue weighted by Gasteiger charge is -2.27. The van der Waals surface area contributed by atoms with Crippen molar-refractivity contribution >= 4 is 0 Å². The maximum Gasteiger partial charge on any atom is 0.146 e. The van der Waals surface area contributed by atoms with Crippen molar-refractivity contribution in [2.24, 2.45) is 11.1 Å². The van der Waals surface area contributed by atoms with Crippen LogP contribution in [0.4, 0.5) is 4.39 Å². The molecule has 1 aromatic heterocycles. The first-order valence-corrected chi connectivity index (χ1v) is 4.28. The molecule has 0 fully saturated rings. The van der Waals surface area contributed by atoms with Gasteiger partial charge in [0.25, 0.3) is 0 Å². The second-order valence-electron chi connectivity index (χ2n) is 4.24. The van der Waals surface area contributed by atoms with Gasteiger partial charge in [-0.15, -0.1) is 0 Å². The average Bonchev–Trinajstić information content (AvgIpc) is 2.02. The molecule has 0 saturated carbocycles. The Balaban J connectivity index is 3.02. The number of nitrogens with zero attached hydrogens (tertiary/aromatic N) is 1. The summed E-state index contributed by atoms with van der Waals surface area (Å²) in [5.74, 6) is -0.329. The Labute approximate surface area is 78.0 Å². The second-order valence-corrected chi connectivity index (χ2v) is 4.24. The van der Waals surface area contributed by atoms with Gasteiger partial charge in [-0.1, -0.05) is 20.8 Å². The van der Waals surface area contributed by atoms with E-state index in [1.165, 1.54) is 6.20 Å². The molecule has 72 valence electrons. The summed E-state index contributed by atoms with van der Waals surface area (Å²) in [5.41, 5.74) is 6.30. The lowest BCUT2D eigenvalue weighted by molar-refractivity contribution is 0.319. The molecule has 0 aliphatic carbocycles. The highest BCUT2D eigenvalue weighted by molar-refractivity contribution is 5.18. The lowest BCUT2D eigenvalue weighted by Crippen LogP contribution is -2.27. The van der Waals surface area contributed by atoms with Crippen molar-refractivity contribution < 1.29 is 4.39 Å². The van der Waals surface area contributed by atoms with Crippen molar-refractivity contribution in [1.82, 2.24) is 4.98 Å². The van der Waals surface area contributed by atoms with Crippen LogP contribution in [-0.2, 0) is 0 Å². The molecule has 0 aromatic carbocycles. The average molecular weight is 182 g/mol. The quantitative estimate of drug-likeness (QED) is 0.723. The topological polar surface area (TPSA) is 38.9 Å². The minimum Gasteiger partial charge on any atom is -0.323 e. The number of hydrogen-bond acceptors (Lipinski definition) is 2. The summed E-state index contributed by atoms with van der Waals surface area (Å²) in [6, 6.07) is 1.33. The molecule has 1 atom stereocenters. The fourth-order valence-electron chi connectivity index (χ4n) is 1.10. The molecular weight excluding hydrogens is 167 g/mol. The molecule has 0 saturated heterocycles. The molecule has 2 N–H and O–H groups in total. The van der Waals surface area contributed by atoms with Gasteiger partial charge in [0, 0.05) is 17.8 Å². The van der Waals surface area contributed by atoms with Crippen molar-refractivity contribution in [3.8, 4) is 0 Å². The van der Waals surface area contributed by atoms with E-state index in [-0.39, 0.29) is 17.3 Å². The Morgan fingerprint density at radius 3 is 2.54 bits per heavy atom. The van der Waals surface area contributed by atoms with Crippen molar-refractivity contribution in [3.05, 3.63) is 29.8 Å². The fourth-order valence-corrected chi connectivity index (χ4v) is 1.10. The summed E-state index contributed by atoms with van der Waals surface area (Å²) in [4.78, 5) is 3.68. The molecule has 2 nitrogen and oxygen atoms in total. The van der Waals surface area contributed by atoms with E-state index in [9.17, 15) is 4.39 Å². The molecule has 0 unspecified atom stereocenters. The Kier molecular flexibility index (Phi) is 2.66. The molecule has 0 bridgehead atoms. The van der Waals surface area contributed by atoms with Crippen LogP contribution in [-0.4, -0.2) is 4.98 Å². The first-order valence-electron chi connectivity index (χ1n) is 4.28. The fraction of sp³-hybridized carbons (Fsp3) is 0.500. The van der Waals surface area contributed by atoms with E-state index in [1.807, 2.05) is 20.8 Å². The van der Waals surface area contributed by atoms with Crippen LogP contribution in [0.15, 0.2) is 18.5 Å². The largest absolute Gasteiger partial charge is 0.323 e. The standard InChI is InChI=1S/C10H15FN2/c1-10(2,3)9(12)7-4-5-13-6-8(7)11/h4-6,9H,12H2,1-3H3/t9-/m0/s1. The predicted octanol–water partition coefficient (Wildman–Crippen LogP) is 2.27. The molecule has 1 aromatic rings. The first-order chi connectivity index (χ1) is 5.93. The van der Waals surface area contributed by atoms with Gasteiger partial charge in [-0.05, 0) is 11.5 Å². The van der Waals surface area contributed by atoms with E-state index < -0.39 is 0 Å². The smallest absolute Gasteiger partial charge is 0.146 e. The van der Waals surface area contributed by atoms with Gasteiger partial charge < -0.3 is 5.73 Å². The van der Waals surface area contributed by atoms with E-state index in [0.29, 0.717) is 5.56 Å². The number of rotatable bonds is 1.